The molecule has 1 aromatic carbocycles. The number of nitrogens with zero attached hydrogens (tertiary/aromatic N) is 2. The lowest BCUT2D eigenvalue weighted by atomic mass is 9.96. The van der Waals surface area contributed by atoms with Gasteiger partial charge in [-0.25, -0.2) is 0 Å². The summed E-state index contributed by atoms with van der Waals surface area (Å²) in [5.41, 5.74) is 1.71. The van der Waals surface area contributed by atoms with Crippen LogP contribution in [0.25, 0.3) is 0 Å². The fraction of sp³-hybridized carbons (Fsp3) is 0.429. The van der Waals surface area contributed by atoms with E-state index >= 15 is 0 Å². The highest BCUT2D eigenvalue weighted by atomic mass is 79.9. The van der Waals surface area contributed by atoms with E-state index in [-0.39, 0.29) is 11.9 Å². The number of rotatable bonds is 2. The molecule has 4 nitrogen and oxygen atoms in total. The van der Waals surface area contributed by atoms with Gasteiger partial charge in [0, 0.05) is 17.6 Å². The van der Waals surface area contributed by atoms with Crippen molar-refractivity contribution in [3.05, 3.63) is 28.2 Å². The molecule has 0 radical (unpaired) electrons. The standard InChI is InChI=1S/C14H15BrN2O2/c1-19-14(18)11-4-6-17(7-5-11)13-3-2-10(9-16)8-12(13)15/h2-3,8,11H,4-7H2,1H3. The van der Waals surface area contributed by atoms with Crippen LogP contribution >= 0.6 is 15.9 Å². The van der Waals surface area contributed by atoms with Crippen LogP contribution in [0, 0.1) is 17.2 Å². The van der Waals surface area contributed by atoms with Crippen molar-refractivity contribution in [3.63, 3.8) is 0 Å². The van der Waals surface area contributed by atoms with Gasteiger partial charge < -0.3 is 9.64 Å². The molecular weight excluding hydrogens is 308 g/mol. The van der Waals surface area contributed by atoms with Crippen molar-refractivity contribution in [1.82, 2.24) is 0 Å². The first-order valence-corrected chi connectivity index (χ1v) is 6.97. The molecule has 5 heteroatoms. The minimum Gasteiger partial charge on any atom is -0.469 e. The van der Waals surface area contributed by atoms with Crippen LogP contribution in [0.15, 0.2) is 22.7 Å². The quantitative estimate of drug-likeness (QED) is 0.785. The summed E-state index contributed by atoms with van der Waals surface area (Å²) < 4.78 is 5.70. The van der Waals surface area contributed by atoms with Crippen molar-refractivity contribution in [2.45, 2.75) is 12.8 Å². The number of benzene rings is 1. The predicted molar refractivity (Wildman–Crippen MR) is 75.8 cm³/mol. The summed E-state index contributed by atoms with van der Waals surface area (Å²) in [7, 11) is 1.44. The van der Waals surface area contributed by atoms with Crippen molar-refractivity contribution in [2.75, 3.05) is 25.1 Å². The summed E-state index contributed by atoms with van der Waals surface area (Å²) in [6, 6.07) is 7.70. The second kappa shape index (κ2) is 6.07. The Morgan fingerprint density at radius 3 is 2.68 bits per heavy atom. The normalized spacial score (nSPS) is 15.9. The van der Waals surface area contributed by atoms with Crippen LogP contribution in [-0.4, -0.2) is 26.2 Å². The van der Waals surface area contributed by atoms with Crippen molar-refractivity contribution < 1.29 is 9.53 Å². The molecule has 0 amide bonds. The Morgan fingerprint density at radius 2 is 2.16 bits per heavy atom. The molecule has 1 aliphatic heterocycles. The van der Waals surface area contributed by atoms with Gasteiger partial charge in [0.05, 0.1) is 30.3 Å². The average molecular weight is 323 g/mol. The van der Waals surface area contributed by atoms with Gasteiger partial charge in [-0.3, -0.25) is 4.79 Å². The number of nitriles is 1. The average Bonchev–Trinajstić information content (AvgIpc) is 2.46. The molecule has 0 bridgehead atoms. The van der Waals surface area contributed by atoms with Gasteiger partial charge in [-0.15, -0.1) is 0 Å². The van der Waals surface area contributed by atoms with E-state index in [1.165, 1.54) is 7.11 Å². The molecular formula is C14H15BrN2O2. The minimum absolute atomic E-state index is 0.0124. The van der Waals surface area contributed by atoms with Crippen LogP contribution < -0.4 is 4.90 Å². The van der Waals surface area contributed by atoms with E-state index in [9.17, 15) is 4.79 Å². The molecule has 1 aromatic rings. The zero-order valence-electron chi connectivity index (χ0n) is 10.7. The van der Waals surface area contributed by atoms with Crippen molar-refractivity contribution in [1.29, 1.82) is 5.26 Å². The van der Waals surface area contributed by atoms with E-state index in [4.69, 9.17) is 10.00 Å². The molecule has 1 fully saturated rings. The highest BCUT2D eigenvalue weighted by Crippen LogP contribution is 2.30. The minimum atomic E-state index is -0.112. The highest BCUT2D eigenvalue weighted by molar-refractivity contribution is 9.10. The zero-order valence-corrected chi connectivity index (χ0v) is 12.3. The largest absolute Gasteiger partial charge is 0.469 e. The Hall–Kier alpha value is -1.54. The van der Waals surface area contributed by atoms with Crippen LogP contribution in [0.5, 0.6) is 0 Å². The zero-order chi connectivity index (χ0) is 13.8. The number of carbonyl (C=O) groups excluding carboxylic acids is 1. The molecule has 0 N–H and O–H groups in total. The van der Waals surface area contributed by atoms with Gasteiger partial charge in [-0.1, -0.05) is 0 Å². The smallest absolute Gasteiger partial charge is 0.308 e. The lowest BCUT2D eigenvalue weighted by Gasteiger charge is -2.33. The monoisotopic (exact) mass is 322 g/mol. The van der Waals surface area contributed by atoms with E-state index in [0.717, 1.165) is 36.1 Å². The van der Waals surface area contributed by atoms with E-state index < -0.39 is 0 Å². The fourth-order valence-electron chi connectivity index (χ4n) is 2.36. The van der Waals surface area contributed by atoms with Crippen molar-refractivity contribution in [2.24, 2.45) is 5.92 Å². The number of hydrogen-bond acceptors (Lipinski definition) is 4. The number of ether oxygens (including phenoxy) is 1. The molecule has 2 rings (SSSR count). The van der Waals surface area contributed by atoms with Gasteiger partial charge in [0.25, 0.3) is 0 Å². The third-order valence-corrected chi connectivity index (χ3v) is 4.08. The Balaban J connectivity index is 2.06. The summed E-state index contributed by atoms with van der Waals surface area (Å²) in [5, 5.41) is 8.85. The first-order valence-electron chi connectivity index (χ1n) is 6.18. The molecule has 19 heavy (non-hydrogen) atoms. The predicted octanol–water partition coefficient (Wildman–Crippen LogP) is 2.71. The number of methoxy groups -OCH3 is 1. The first kappa shape index (κ1) is 13.9. The summed E-state index contributed by atoms with van der Waals surface area (Å²) in [4.78, 5) is 13.7. The maximum absolute atomic E-state index is 11.5. The topological polar surface area (TPSA) is 53.3 Å². The van der Waals surface area contributed by atoms with Gasteiger partial charge in [0.1, 0.15) is 0 Å². The first-order chi connectivity index (χ1) is 9.15. The third-order valence-electron chi connectivity index (χ3n) is 3.45. The molecule has 0 spiro atoms. The number of esters is 1. The van der Waals surface area contributed by atoms with Crippen LogP contribution in [-0.2, 0) is 9.53 Å². The van der Waals surface area contributed by atoms with Crippen molar-refractivity contribution >= 4 is 27.6 Å². The van der Waals surface area contributed by atoms with Crippen LogP contribution in [0.1, 0.15) is 18.4 Å². The van der Waals surface area contributed by atoms with Crippen LogP contribution in [0.4, 0.5) is 5.69 Å². The maximum atomic E-state index is 11.5. The number of piperidine rings is 1. The van der Waals surface area contributed by atoms with E-state index in [1.807, 2.05) is 18.2 Å². The fourth-order valence-corrected chi connectivity index (χ4v) is 2.99. The lowest BCUT2D eigenvalue weighted by molar-refractivity contribution is -0.146. The van der Waals surface area contributed by atoms with E-state index in [0.29, 0.717) is 5.56 Å². The molecule has 1 aliphatic rings. The number of halogens is 1. The summed E-state index contributed by atoms with van der Waals surface area (Å²) in [5.74, 6) is -0.100. The van der Waals surface area contributed by atoms with Gasteiger partial charge in [-0.2, -0.15) is 5.26 Å². The summed E-state index contributed by atoms with van der Waals surface area (Å²) in [6.07, 6.45) is 1.61. The summed E-state index contributed by atoms with van der Waals surface area (Å²) >= 11 is 3.50. The molecule has 0 aliphatic carbocycles. The Labute approximate surface area is 121 Å². The van der Waals surface area contributed by atoms with Crippen LogP contribution in [0.2, 0.25) is 0 Å². The van der Waals surface area contributed by atoms with Gasteiger partial charge in [-0.05, 0) is 47.0 Å². The molecule has 0 atom stereocenters. The molecule has 1 heterocycles. The molecule has 0 saturated carbocycles. The summed E-state index contributed by atoms with van der Waals surface area (Å²) in [6.45, 7) is 1.65. The Bertz CT molecular complexity index is 517. The molecule has 1 saturated heterocycles. The number of hydrogen-bond donors (Lipinski definition) is 0. The lowest BCUT2D eigenvalue weighted by Crippen LogP contribution is -2.36. The van der Waals surface area contributed by atoms with E-state index in [1.54, 1.807) is 0 Å². The van der Waals surface area contributed by atoms with Crippen LogP contribution in [0.3, 0.4) is 0 Å². The molecule has 0 unspecified atom stereocenters. The number of carbonyl (C=O) groups is 1. The maximum Gasteiger partial charge on any atom is 0.308 e. The second-order valence-electron chi connectivity index (χ2n) is 4.56. The Kier molecular flexibility index (Phi) is 4.43. The van der Waals surface area contributed by atoms with Crippen molar-refractivity contribution in [3.8, 4) is 6.07 Å². The second-order valence-corrected chi connectivity index (χ2v) is 5.42. The third kappa shape index (κ3) is 3.07. The molecule has 0 aromatic heterocycles. The van der Waals surface area contributed by atoms with Gasteiger partial charge in [0.2, 0.25) is 0 Å². The highest BCUT2D eigenvalue weighted by Gasteiger charge is 2.26. The van der Waals surface area contributed by atoms with E-state index in [2.05, 4.69) is 26.9 Å². The van der Waals surface area contributed by atoms with Gasteiger partial charge in [0.15, 0.2) is 0 Å². The number of anilines is 1. The Morgan fingerprint density at radius 1 is 1.47 bits per heavy atom. The molecule has 100 valence electrons. The SMILES string of the molecule is COC(=O)C1CCN(c2ccc(C#N)cc2Br)CC1. The van der Waals surface area contributed by atoms with Gasteiger partial charge >= 0.3 is 5.97 Å².